The molecule has 1 aromatic rings. The molecule has 0 spiro atoms. The smallest absolute Gasteiger partial charge is 0.243 e. The van der Waals surface area contributed by atoms with Gasteiger partial charge in [0.15, 0.2) is 5.96 Å². The lowest BCUT2D eigenvalue weighted by Crippen LogP contribution is -2.54. The largest absolute Gasteiger partial charge is 0.354 e. The summed E-state index contributed by atoms with van der Waals surface area (Å²) in [5, 5.41) is 3.37. The van der Waals surface area contributed by atoms with Crippen LogP contribution in [0.5, 0.6) is 0 Å². The molecule has 2 rings (SSSR count). The van der Waals surface area contributed by atoms with Crippen molar-refractivity contribution in [3.8, 4) is 0 Å². The third-order valence-electron chi connectivity index (χ3n) is 3.83. The van der Waals surface area contributed by atoms with E-state index < -0.39 is 0 Å². The Hall–Kier alpha value is -1.58. The van der Waals surface area contributed by atoms with Crippen LogP contribution in [0.25, 0.3) is 0 Å². The molecule has 2 heterocycles. The van der Waals surface area contributed by atoms with Crippen LogP contribution < -0.4 is 10.2 Å². The molecule has 0 bridgehead atoms. The molecular formula is C17H29IN6O. The Kier molecular flexibility index (Phi) is 8.95. The van der Waals surface area contributed by atoms with E-state index in [1.807, 2.05) is 24.4 Å². The Balaban J connectivity index is 0.00000312. The second kappa shape index (κ2) is 10.4. The van der Waals surface area contributed by atoms with Gasteiger partial charge in [0.2, 0.25) is 5.91 Å². The van der Waals surface area contributed by atoms with Crippen molar-refractivity contribution in [1.29, 1.82) is 0 Å². The molecule has 1 aliphatic rings. The number of halogens is 1. The number of nitrogens with zero attached hydrogens (tertiary/aromatic N) is 5. The molecule has 0 saturated carbocycles. The fourth-order valence-corrected chi connectivity index (χ4v) is 2.47. The first kappa shape index (κ1) is 21.5. The van der Waals surface area contributed by atoms with Gasteiger partial charge in [-0.15, -0.1) is 24.0 Å². The van der Waals surface area contributed by atoms with Crippen LogP contribution in [0.15, 0.2) is 29.4 Å². The lowest BCUT2D eigenvalue weighted by molar-refractivity contribution is -0.127. The van der Waals surface area contributed by atoms with Gasteiger partial charge in [0.1, 0.15) is 12.4 Å². The number of hydrogen-bond acceptors (Lipinski definition) is 4. The monoisotopic (exact) mass is 460 g/mol. The highest BCUT2D eigenvalue weighted by atomic mass is 127. The van der Waals surface area contributed by atoms with Crippen LogP contribution >= 0.6 is 24.0 Å². The predicted molar refractivity (Wildman–Crippen MR) is 113 cm³/mol. The number of anilines is 1. The highest BCUT2D eigenvalue weighted by Gasteiger charge is 2.21. The summed E-state index contributed by atoms with van der Waals surface area (Å²) in [4.78, 5) is 26.8. The summed E-state index contributed by atoms with van der Waals surface area (Å²) in [7, 11) is 3.50. The number of likely N-dealkylation sites (N-methyl/N-ethyl adjacent to an activating group) is 1. The molecule has 0 aromatic carbocycles. The average molecular weight is 460 g/mol. The minimum Gasteiger partial charge on any atom is -0.354 e. The van der Waals surface area contributed by atoms with E-state index in [9.17, 15) is 4.79 Å². The Morgan fingerprint density at radius 2 is 1.96 bits per heavy atom. The van der Waals surface area contributed by atoms with Gasteiger partial charge >= 0.3 is 0 Å². The molecule has 140 valence electrons. The molecule has 0 unspecified atom stereocenters. The molecule has 1 aromatic heterocycles. The Morgan fingerprint density at radius 3 is 2.48 bits per heavy atom. The number of rotatable bonds is 4. The van der Waals surface area contributed by atoms with Gasteiger partial charge in [-0.2, -0.15) is 0 Å². The number of carbonyl (C=O) groups is 1. The number of aromatic nitrogens is 1. The van der Waals surface area contributed by atoms with Crippen LogP contribution in [0.2, 0.25) is 0 Å². The Labute approximate surface area is 167 Å². The molecule has 1 fully saturated rings. The minimum absolute atomic E-state index is 0. The summed E-state index contributed by atoms with van der Waals surface area (Å²) < 4.78 is 0. The lowest BCUT2D eigenvalue weighted by atomic mass is 10.3. The van der Waals surface area contributed by atoms with E-state index in [1.54, 1.807) is 19.0 Å². The fourth-order valence-electron chi connectivity index (χ4n) is 2.47. The van der Waals surface area contributed by atoms with E-state index in [0.717, 1.165) is 38.0 Å². The maximum absolute atomic E-state index is 11.8. The van der Waals surface area contributed by atoms with Gasteiger partial charge in [0.05, 0.1) is 0 Å². The number of aliphatic imine (C=N–C) groups is 1. The summed E-state index contributed by atoms with van der Waals surface area (Å²) >= 11 is 0. The molecule has 0 radical (unpaired) electrons. The van der Waals surface area contributed by atoms with Gasteiger partial charge in [-0.05, 0) is 26.0 Å². The first-order valence-corrected chi connectivity index (χ1v) is 8.39. The number of nitrogens with one attached hydrogen (secondary N) is 1. The summed E-state index contributed by atoms with van der Waals surface area (Å²) in [6.07, 6.45) is 1.82. The first-order valence-electron chi connectivity index (χ1n) is 8.39. The molecule has 1 saturated heterocycles. The van der Waals surface area contributed by atoms with E-state index in [0.29, 0.717) is 0 Å². The number of hydrogen-bond donors (Lipinski definition) is 1. The van der Waals surface area contributed by atoms with Crippen LogP contribution in [-0.4, -0.2) is 79.5 Å². The molecule has 1 N–H and O–H groups in total. The van der Waals surface area contributed by atoms with Crippen molar-refractivity contribution in [3.05, 3.63) is 24.4 Å². The van der Waals surface area contributed by atoms with Gasteiger partial charge in [-0.1, -0.05) is 6.07 Å². The molecule has 1 amide bonds. The summed E-state index contributed by atoms with van der Waals surface area (Å²) in [6.45, 7) is 7.80. The molecule has 0 atom stereocenters. The predicted octanol–water partition coefficient (Wildman–Crippen LogP) is 1.26. The van der Waals surface area contributed by atoms with Crippen LogP contribution in [0.4, 0.5) is 5.82 Å². The van der Waals surface area contributed by atoms with Gasteiger partial charge in [0, 0.05) is 52.5 Å². The second-order valence-corrected chi connectivity index (χ2v) is 6.39. The number of piperazine rings is 1. The maximum atomic E-state index is 11.8. The Bertz CT molecular complexity index is 556. The second-order valence-electron chi connectivity index (χ2n) is 6.39. The van der Waals surface area contributed by atoms with Crippen LogP contribution in [0, 0.1) is 0 Å². The van der Waals surface area contributed by atoms with Gasteiger partial charge in [0.25, 0.3) is 0 Å². The zero-order chi connectivity index (χ0) is 17.5. The number of pyridine rings is 1. The van der Waals surface area contributed by atoms with Crippen molar-refractivity contribution in [1.82, 2.24) is 20.1 Å². The van der Waals surface area contributed by atoms with E-state index in [4.69, 9.17) is 0 Å². The summed E-state index contributed by atoms with van der Waals surface area (Å²) in [5.74, 6) is 1.82. The van der Waals surface area contributed by atoms with E-state index in [2.05, 4.69) is 38.9 Å². The molecule has 8 heteroatoms. The number of guanidine groups is 1. The summed E-state index contributed by atoms with van der Waals surface area (Å²) in [6, 6.07) is 6.24. The molecule has 7 nitrogen and oxygen atoms in total. The molecule has 25 heavy (non-hydrogen) atoms. The van der Waals surface area contributed by atoms with Crippen molar-refractivity contribution in [2.75, 3.05) is 51.7 Å². The van der Waals surface area contributed by atoms with Crippen LogP contribution in [-0.2, 0) is 4.79 Å². The molecule has 0 aliphatic carbocycles. The minimum atomic E-state index is 0. The highest BCUT2D eigenvalue weighted by molar-refractivity contribution is 14.0. The van der Waals surface area contributed by atoms with Crippen molar-refractivity contribution in [2.24, 2.45) is 4.99 Å². The number of carbonyl (C=O) groups excluding carboxylic acids is 1. The zero-order valence-electron chi connectivity index (χ0n) is 15.5. The van der Waals surface area contributed by atoms with Crippen molar-refractivity contribution in [3.63, 3.8) is 0 Å². The fraction of sp³-hybridized carbons (Fsp3) is 0.588. The van der Waals surface area contributed by atoms with E-state index in [-0.39, 0.29) is 42.5 Å². The number of amides is 1. The first-order chi connectivity index (χ1) is 11.5. The van der Waals surface area contributed by atoms with Gasteiger partial charge in [-0.3, -0.25) is 4.79 Å². The third-order valence-corrected chi connectivity index (χ3v) is 3.83. The van der Waals surface area contributed by atoms with Crippen LogP contribution in [0.3, 0.4) is 0 Å². The highest BCUT2D eigenvalue weighted by Crippen LogP contribution is 2.12. The van der Waals surface area contributed by atoms with Gasteiger partial charge < -0.3 is 20.0 Å². The molecule has 1 aliphatic heterocycles. The lowest BCUT2D eigenvalue weighted by Gasteiger charge is -2.37. The summed E-state index contributed by atoms with van der Waals surface area (Å²) in [5.41, 5.74) is 0. The normalized spacial score (nSPS) is 15.0. The quantitative estimate of drug-likeness (QED) is 0.417. The average Bonchev–Trinajstić information content (AvgIpc) is 2.59. The topological polar surface area (TPSA) is 64.1 Å². The standard InChI is InChI=1S/C17H28N6O.HI/c1-14(2)20-17(19-13-16(24)21(3)4)23-11-9-22(10-12-23)15-7-5-6-8-18-15;/h5-8,14H,9-13H2,1-4H3,(H,19,20);1H. The van der Waals surface area contributed by atoms with Crippen LogP contribution in [0.1, 0.15) is 13.8 Å². The van der Waals surface area contributed by atoms with Gasteiger partial charge in [-0.25, -0.2) is 9.98 Å². The van der Waals surface area contributed by atoms with E-state index in [1.165, 1.54) is 0 Å². The molecular weight excluding hydrogens is 431 g/mol. The third kappa shape index (κ3) is 6.68. The SMILES string of the molecule is CC(C)NC(=NCC(=O)N(C)C)N1CCN(c2ccccn2)CC1.I. The zero-order valence-corrected chi connectivity index (χ0v) is 17.8. The van der Waals surface area contributed by atoms with E-state index >= 15 is 0 Å². The Morgan fingerprint density at radius 1 is 1.28 bits per heavy atom. The van der Waals surface area contributed by atoms with Crippen molar-refractivity contribution in [2.45, 2.75) is 19.9 Å². The van der Waals surface area contributed by atoms with Crippen molar-refractivity contribution < 1.29 is 4.79 Å². The maximum Gasteiger partial charge on any atom is 0.243 e. The van der Waals surface area contributed by atoms with Crippen molar-refractivity contribution >= 4 is 41.7 Å².